The van der Waals surface area contributed by atoms with Crippen molar-refractivity contribution >= 4 is 39.8 Å². The predicted octanol–water partition coefficient (Wildman–Crippen LogP) is 3.23. The van der Waals surface area contributed by atoms with Crippen LogP contribution in [0.25, 0.3) is 33.3 Å². The third-order valence-electron chi connectivity index (χ3n) is 5.26. The molecular formula is C23H26N6O3. The Morgan fingerprint density at radius 2 is 2.09 bits per heavy atom. The van der Waals surface area contributed by atoms with Crippen molar-refractivity contribution in [2.24, 2.45) is 7.05 Å². The fourth-order valence-corrected chi connectivity index (χ4v) is 3.73. The number of aromatic amines is 1. The molecule has 0 aliphatic carbocycles. The number of anilines is 1. The van der Waals surface area contributed by atoms with Crippen LogP contribution in [-0.4, -0.2) is 51.6 Å². The maximum atomic E-state index is 12.6. The van der Waals surface area contributed by atoms with Gasteiger partial charge in [0, 0.05) is 43.7 Å². The largest absolute Gasteiger partial charge is 0.466 e. The molecule has 0 atom stereocenters. The average Bonchev–Trinajstić information content (AvgIpc) is 3.40. The fraction of sp³-hybridized carbons (Fsp3) is 0.304. The molecule has 0 saturated heterocycles. The summed E-state index contributed by atoms with van der Waals surface area (Å²) >= 11 is 0. The highest BCUT2D eigenvalue weighted by Crippen LogP contribution is 2.31. The summed E-state index contributed by atoms with van der Waals surface area (Å²) in [6, 6.07) is 9.43. The zero-order valence-corrected chi connectivity index (χ0v) is 18.4. The molecule has 9 nitrogen and oxygen atoms in total. The molecule has 0 spiro atoms. The molecule has 4 rings (SSSR count). The second-order valence-electron chi connectivity index (χ2n) is 7.45. The summed E-state index contributed by atoms with van der Waals surface area (Å²) in [5, 5.41) is 6.91. The Kier molecular flexibility index (Phi) is 6.07. The van der Waals surface area contributed by atoms with Crippen LogP contribution in [0.3, 0.4) is 0 Å². The van der Waals surface area contributed by atoms with Crippen molar-refractivity contribution in [1.82, 2.24) is 24.8 Å². The van der Waals surface area contributed by atoms with Gasteiger partial charge in [-0.3, -0.25) is 9.59 Å². The van der Waals surface area contributed by atoms with Crippen molar-refractivity contribution in [1.29, 1.82) is 0 Å². The lowest BCUT2D eigenvalue weighted by molar-refractivity contribution is -0.143. The van der Waals surface area contributed by atoms with Crippen LogP contribution in [0.15, 0.2) is 36.7 Å². The standard InChI is InChI=1S/C23H26N6O3/c1-4-32-18(30)9-6-10-25-23(31)15-8-5-7-14(11-15)17-12-16-20-19(26-13-29(20)3)22(24-2)28-21(16)27-17/h5,7-8,11-13H,4,6,9-10H2,1-3H3,(H,25,31)(H2,24,27,28). The Hall–Kier alpha value is -3.88. The number of carbonyl (C=O) groups excluding carboxylic acids is 2. The molecule has 0 unspecified atom stereocenters. The molecule has 1 aromatic carbocycles. The smallest absolute Gasteiger partial charge is 0.305 e. The Labute approximate surface area is 185 Å². The minimum atomic E-state index is -0.250. The van der Waals surface area contributed by atoms with E-state index in [1.165, 1.54) is 0 Å². The number of H-pyrrole nitrogens is 1. The number of nitrogens with zero attached hydrogens (tertiary/aromatic N) is 3. The third kappa shape index (κ3) is 4.14. The van der Waals surface area contributed by atoms with E-state index in [1.807, 2.05) is 42.9 Å². The van der Waals surface area contributed by atoms with Gasteiger partial charge in [-0.1, -0.05) is 12.1 Å². The van der Waals surface area contributed by atoms with Crippen LogP contribution in [0, 0.1) is 0 Å². The first-order valence-electron chi connectivity index (χ1n) is 10.6. The van der Waals surface area contributed by atoms with Gasteiger partial charge >= 0.3 is 5.97 Å². The number of hydrogen-bond donors (Lipinski definition) is 3. The van der Waals surface area contributed by atoms with Crippen LogP contribution in [0.2, 0.25) is 0 Å². The van der Waals surface area contributed by atoms with Gasteiger partial charge in [0.15, 0.2) is 5.82 Å². The number of ether oxygens (including phenoxy) is 1. The number of rotatable bonds is 8. The van der Waals surface area contributed by atoms with E-state index in [1.54, 1.807) is 19.3 Å². The maximum absolute atomic E-state index is 12.6. The number of fused-ring (bicyclic) bond motifs is 3. The zero-order chi connectivity index (χ0) is 22.7. The molecule has 32 heavy (non-hydrogen) atoms. The van der Waals surface area contributed by atoms with Gasteiger partial charge in [0.25, 0.3) is 5.91 Å². The van der Waals surface area contributed by atoms with Crippen LogP contribution in [0.1, 0.15) is 30.1 Å². The molecule has 0 aliphatic heterocycles. The summed E-state index contributed by atoms with van der Waals surface area (Å²) in [6.07, 6.45) is 2.59. The van der Waals surface area contributed by atoms with Crippen LogP contribution >= 0.6 is 0 Å². The molecule has 0 aliphatic rings. The molecule has 0 radical (unpaired) electrons. The van der Waals surface area contributed by atoms with Gasteiger partial charge in [-0.05, 0) is 37.1 Å². The SMILES string of the molecule is CCOC(=O)CCCNC(=O)c1cccc(-c2cc3c(nc(NC)c4ncn(C)c43)[nH]2)c1. The van der Waals surface area contributed by atoms with Gasteiger partial charge in [0.2, 0.25) is 0 Å². The number of benzene rings is 1. The molecule has 0 bridgehead atoms. The lowest BCUT2D eigenvalue weighted by Crippen LogP contribution is -2.25. The summed E-state index contributed by atoms with van der Waals surface area (Å²) in [5.41, 5.74) is 4.83. The summed E-state index contributed by atoms with van der Waals surface area (Å²) in [7, 11) is 3.77. The Bertz CT molecular complexity index is 1290. The molecule has 3 heterocycles. The van der Waals surface area contributed by atoms with Gasteiger partial charge in [0.05, 0.1) is 18.5 Å². The number of aryl methyl sites for hydroxylation is 1. The monoisotopic (exact) mass is 434 g/mol. The number of pyridine rings is 1. The van der Waals surface area contributed by atoms with Gasteiger partial charge in [-0.2, -0.15) is 0 Å². The summed E-state index contributed by atoms with van der Waals surface area (Å²) in [4.78, 5) is 36.5. The lowest BCUT2D eigenvalue weighted by atomic mass is 10.1. The molecule has 3 aromatic heterocycles. The first-order chi connectivity index (χ1) is 15.5. The average molecular weight is 435 g/mol. The number of aromatic nitrogens is 4. The molecule has 166 valence electrons. The van der Waals surface area contributed by atoms with Crippen LogP contribution in [0.5, 0.6) is 0 Å². The summed E-state index contributed by atoms with van der Waals surface area (Å²) in [5.74, 6) is 0.272. The Morgan fingerprint density at radius 1 is 1.25 bits per heavy atom. The van der Waals surface area contributed by atoms with E-state index in [-0.39, 0.29) is 18.3 Å². The second kappa shape index (κ2) is 9.09. The highest BCUT2D eigenvalue weighted by atomic mass is 16.5. The Balaban J connectivity index is 1.55. The van der Waals surface area contributed by atoms with Crippen molar-refractivity contribution in [3.63, 3.8) is 0 Å². The number of amides is 1. The fourth-order valence-electron chi connectivity index (χ4n) is 3.73. The number of hydrogen-bond acceptors (Lipinski definition) is 6. The topological polar surface area (TPSA) is 114 Å². The van der Waals surface area contributed by atoms with Gasteiger partial charge in [-0.15, -0.1) is 0 Å². The molecule has 3 N–H and O–H groups in total. The maximum Gasteiger partial charge on any atom is 0.305 e. The highest BCUT2D eigenvalue weighted by Gasteiger charge is 2.16. The van der Waals surface area contributed by atoms with E-state index < -0.39 is 0 Å². The molecule has 0 saturated carbocycles. The lowest BCUT2D eigenvalue weighted by Gasteiger charge is -2.06. The number of esters is 1. The summed E-state index contributed by atoms with van der Waals surface area (Å²) in [6.45, 7) is 2.54. The van der Waals surface area contributed by atoms with Crippen LogP contribution in [0.4, 0.5) is 5.82 Å². The number of imidazole rings is 1. The molecule has 0 fully saturated rings. The third-order valence-corrected chi connectivity index (χ3v) is 5.26. The zero-order valence-electron chi connectivity index (χ0n) is 18.4. The van der Waals surface area contributed by atoms with Gasteiger partial charge in [0.1, 0.15) is 11.2 Å². The number of carbonyl (C=O) groups is 2. The molecule has 4 aromatic rings. The van der Waals surface area contributed by atoms with Crippen molar-refractivity contribution in [2.75, 3.05) is 25.5 Å². The van der Waals surface area contributed by atoms with Crippen molar-refractivity contribution < 1.29 is 14.3 Å². The highest BCUT2D eigenvalue weighted by molar-refractivity contribution is 6.07. The van der Waals surface area contributed by atoms with Crippen molar-refractivity contribution in [3.8, 4) is 11.3 Å². The van der Waals surface area contributed by atoms with E-state index in [0.29, 0.717) is 31.0 Å². The minimum Gasteiger partial charge on any atom is -0.466 e. The molecule has 1 amide bonds. The van der Waals surface area contributed by atoms with E-state index in [2.05, 4.69) is 25.6 Å². The summed E-state index contributed by atoms with van der Waals surface area (Å²) < 4.78 is 6.87. The van der Waals surface area contributed by atoms with Gasteiger partial charge < -0.3 is 24.9 Å². The van der Waals surface area contributed by atoms with Crippen LogP contribution in [-0.2, 0) is 16.6 Å². The second-order valence-corrected chi connectivity index (χ2v) is 7.45. The van der Waals surface area contributed by atoms with E-state index >= 15 is 0 Å². The van der Waals surface area contributed by atoms with Gasteiger partial charge in [-0.25, -0.2) is 9.97 Å². The normalized spacial score (nSPS) is 11.1. The molecule has 9 heteroatoms. The quantitative estimate of drug-likeness (QED) is 0.290. The van der Waals surface area contributed by atoms with E-state index in [4.69, 9.17) is 4.74 Å². The van der Waals surface area contributed by atoms with E-state index in [0.717, 1.165) is 33.3 Å². The Morgan fingerprint density at radius 3 is 2.88 bits per heavy atom. The minimum absolute atomic E-state index is 0.184. The first kappa shape index (κ1) is 21.4. The van der Waals surface area contributed by atoms with Crippen molar-refractivity contribution in [3.05, 3.63) is 42.2 Å². The number of nitrogens with one attached hydrogen (secondary N) is 3. The van der Waals surface area contributed by atoms with E-state index in [9.17, 15) is 9.59 Å². The molecular weight excluding hydrogens is 408 g/mol. The van der Waals surface area contributed by atoms with Crippen LogP contribution < -0.4 is 10.6 Å². The van der Waals surface area contributed by atoms with Crippen molar-refractivity contribution in [2.45, 2.75) is 19.8 Å². The predicted molar refractivity (Wildman–Crippen MR) is 124 cm³/mol. The first-order valence-corrected chi connectivity index (χ1v) is 10.6.